The van der Waals surface area contributed by atoms with Crippen LogP contribution >= 0.6 is 15.9 Å². The van der Waals surface area contributed by atoms with Crippen molar-refractivity contribution in [3.63, 3.8) is 0 Å². The molecule has 1 aliphatic carbocycles. The first-order valence-corrected chi connectivity index (χ1v) is 7.22. The van der Waals surface area contributed by atoms with E-state index in [9.17, 15) is 9.90 Å². The predicted octanol–water partition coefficient (Wildman–Crippen LogP) is 2.95. The molecule has 1 aliphatic rings. The van der Waals surface area contributed by atoms with Crippen LogP contribution in [0.2, 0.25) is 0 Å². The van der Waals surface area contributed by atoms with Crippen molar-refractivity contribution in [2.75, 3.05) is 12.4 Å². The van der Waals surface area contributed by atoms with Crippen molar-refractivity contribution >= 4 is 27.5 Å². The van der Waals surface area contributed by atoms with Gasteiger partial charge in [0.1, 0.15) is 5.75 Å². The van der Waals surface area contributed by atoms with Gasteiger partial charge < -0.3 is 15.2 Å². The summed E-state index contributed by atoms with van der Waals surface area (Å²) in [6.45, 7) is 0. The third kappa shape index (κ3) is 3.70. The summed E-state index contributed by atoms with van der Waals surface area (Å²) >= 11 is 3.39. The fraction of sp³-hybridized carbons (Fsp3) is 0.500. The van der Waals surface area contributed by atoms with E-state index in [1.807, 2.05) is 18.2 Å². The summed E-state index contributed by atoms with van der Waals surface area (Å²) in [6.07, 6.45) is 2.70. The number of aliphatic hydroxyl groups excluding tert-OH is 1. The molecule has 0 heterocycles. The summed E-state index contributed by atoms with van der Waals surface area (Å²) in [6, 6.07) is 5.46. The van der Waals surface area contributed by atoms with E-state index in [1.165, 1.54) is 0 Å². The highest BCUT2D eigenvalue weighted by atomic mass is 79.9. The Bertz CT molecular complexity index is 456. The Hall–Kier alpha value is -1.07. The predicted molar refractivity (Wildman–Crippen MR) is 77.3 cm³/mol. The van der Waals surface area contributed by atoms with E-state index in [4.69, 9.17) is 4.74 Å². The summed E-state index contributed by atoms with van der Waals surface area (Å²) in [7, 11) is 1.60. The highest BCUT2D eigenvalue weighted by Crippen LogP contribution is 2.29. The lowest BCUT2D eigenvalue weighted by Crippen LogP contribution is -2.28. The van der Waals surface area contributed by atoms with Crippen LogP contribution in [0.4, 0.5) is 5.69 Å². The number of hydrogen-bond donors (Lipinski definition) is 2. The van der Waals surface area contributed by atoms with Gasteiger partial charge in [-0.2, -0.15) is 0 Å². The molecule has 0 saturated heterocycles. The molecular formula is C14H18BrNO3. The fourth-order valence-electron chi connectivity index (χ4n) is 2.33. The van der Waals surface area contributed by atoms with Crippen LogP contribution in [0.5, 0.6) is 5.75 Å². The minimum atomic E-state index is -0.237. The Labute approximate surface area is 121 Å². The van der Waals surface area contributed by atoms with Crippen LogP contribution in [0.15, 0.2) is 22.7 Å². The van der Waals surface area contributed by atoms with E-state index < -0.39 is 0 Å². The Balaban J connectivity index is 1.97. The first kappa shape index (κ1) is 14.3. The van der Waals surface area contributed by atoms with Crippen molar-refractivity contribution < 1.29 is 14.6 Å². The zero-order chi connectivity index (χ0) is 13.8. The molecule has 0 unspecified atom stereocenters. The van der Waals surface area contributed by atoms with E-state index in [0.29, 0.717) is 12.8 Å². The quantitative estimate of drug-likeness (QED) is 0.897. The number of anilines is 1. The zero-order valence-corrected chi connectivity index (χ0v) is 12.4. The first-order valence-electron chi connectivity index (χ1n) is 6.42. The third-order valence-corrected chi connectivity index (χ3v) is 4.11. The molecule has 0 aromatic heterocycles. The molecule has 0 atom stereocenters. The summed E-state index contributed by atoms with van der Waals surface area (Å²) in [5, 5.41) is 12.4. The van der Waals surface area contributed by atoms with Crippen LogP contribution in [0, 0.1) is 5.92 Å². The topological polar surface area (TPSA) is 58.6 Å². The summed E-state index contributed by atoms with van der Waals surface area (Å²) in [5.74, 6) is 0.770. The maximum absolute atomic E-state index is 12.1. The molecule has 0 bridgehead atoms. The van der Waals surface area contributed by atoms with Crippen molar-refractivity contribution in [1.29, 1.82) is 0 Å². The van der Waals surface area contributed by atoms with E-state index >= 15 is 0 Å². The van der Waals surface area contributed by atoms with E-state index in [2.05, 4.69) is 21.2 Å². The molecule has 5 heteroatoms. The summed E-state index contributed by atoms with van der Waals surface area (Å²) in [5.41, 5.74) is 0.754. The number of ether oxygens (including phenoxy) is 1. The Kier molecular flexibility index (Phi) is 4.82. The number of nitrogens with one attached hydrogen (secondary N) is 1. The Morgan fingerprint density at radius 3 is 2.63 bits per heavy atom. The number of benzene rings is 1. The van der Waals surface area contributed by atoms with Crippen LogP contribution in [0.25, 0.3) is 0 Å². The number of methoxy groups -OCH3 is 1. The lowest BCUT2D eigenvalue weighted by Gasteiger charge is -2.24. The first-order chi connectivity index (χ1) is 9.10. The molecule has 0 radical (unpaired) electrons. The summed E-state index contributed by atoms with van der Waals surface area (Å²) < 4.78 is 5.96. The van der Waals surface area contributed by atoms with Gasteiger partial charge in [-0.3, -0.25) is 4.79 Å². The molecular weight excluding hydrogens is 310 g/mol. The average molecular weight is 328 g/mol. The molecule has 104 valence electrons. The third-order valence-electron chi connectivity index (χ3n) is 3.49. The minimum absolute atomic E-state index is 0.00396. The van der Waals surface area contributed by atoms with Crippen molar-refractivity contribution in [1.82, 2.24) is 0 Å². The molecule has 2 rings (SSSR count). The van der Waals surface area contributed by atoms with Crippen molar-refractivity contribution in [3.05, 3.63) is 22.7 Å². The van der Waals surface area contributed by atoms with E-state index in [-0.39, 0.29) is 17.9 Å². The lowest BCUT2D eigenvalue weighted by atomic mass is 9.87. The average Bonchev–Trinajstić information content (AvgIpc) is 2.39. The highest BCUT2D eigenvalue weighted by Gasteiger charge is 2.25. The molecule has 19 heavy (non-hydrogen) atoms. The number of carbonyl (C=O) groups excluding carboxylic acids is 1. The van der Waals surface area contributed by atoms with Gasteiger partial charge in [0.25, 0.3) is 0 Å². The second-order valence-electron chi connectivity index (χ2n) is 4.84. The van der Waals surface area contributed by atoms with Gasteiger partial charge in [0.05, 0.1) is 17.7 Å². The summed E-state index contributed by atoms with van der Waals surface area (Å²) in [4.78, 5) is 12.1. The van der Waals surface area contributed by atoms with Crippen LogP contribution in [-0.4, -0.2) is 24.2 Å². The molecule has 1 amide bonds. The smallest absolute Gasteiger partial charge is 0.227 e. The zero-order valence-electron chi connectivity index (χ0n) is 10.9. The minimum Gasteiger partial charge on any atom is -0.496 e. The van der Waals surface area contributed by atoms with Crippen LogP contribution < -0.4 is 10.1 Å². The Morgan fingerprint density at radius 1 is 1.37 bits per heavy atom. The highest BCUT2D eigenvalue weighted by molar-refractivity contribution is 9.10. The van der Waals surface area contributed by atoms with Gasteiger partial charge in [0.15, 0.2) is 0 Å². The van der Waals surface area contributed by atoms with E-state index in [1.54, 1.807) is 7.11 Å². The Morgan fingerprint density at radius 2 is 2.05 bits per heavy atom. The number of amides is 1. The van der Waals surface area contributed by atoms with Gasteiger partial charge in [-0.05, 0) is 59.8 Å². The van der Waals surface area contributed by atoms with Crippen molar-refractivity contribution in [3.8, 4) is 5.75 Å². The number of aliphatic hydroxyl groups is 1. The maximum Gasteiger partial charge on any atom is 0.227 e. The number of halogens is 1. The maximum atomic E-state index is 12.1. The fourth-order valence-corrected chi connectivity index (χ4v) is 2.87. The normalized spacial score (nSPS) is 22.9. The van der Waals surface area contributed by atoms with Crippen molar-refractivity contribution in [2.45, 2.75) is 31.8 Å². The number of carbonyl (C=O) groups is 1. The second kappa shape index (κ2) is 6.39. The van der Waals surface area contributed by atoms with E-state index in [0.717, 1.165) is 28.8 Å². The van der Waals surface area contributed by atoms with Gasteiger partial charge >= 0.3 is 0 Å². The van der Waals surface area contributed by atoms with Gasteiger partial charge in [-0.15, -0.1) is 0 Å². The van der Waals surface area contributed by atoms with Gasteiger partial charge in [0, 0.05) is 11.6 Å². The molecule has 4 nitrogen and oxygen atoms in total. The molecule has 1 fully saturated rings. The molecule has 1 aromatic carbocycles. The molecule has 0 aliphatic heterocycles. The molecule has 2 N–H and O–H groups in total. The van der Waals surface area contributed by atoms with Crippen LogP contribution in [0.1, 0.15) is 25.7 Å². The molecule has 1 saturated carbocycles. The van der Waals surface area contributed by atoms with Crippen LogP contribution in [0.3, 0.4) is 0 Å². The van der Waals surface area contributed by atoms with Gasteiger partial charge in [-0.1, -0.05) is 0 Å². The van der Waals surface area contributed by atoms with Gasteiger partial charge in [0.2, 0.25) is 5.91 Å². The second-order valence-corrected chi connectivity index (χ2v) is 5.70. The monoisotopic (exact) mass is 327 g/mol. The lowest BCUT2D eigenvalue weighted by molar-refractivity contribution is -0.121. The number of rotatable bonds is 3. The number of hydrogen-bond acceptors (Lipinski definition) is 3. The van der Waals surface area contributed by atoms with Gasteiger partial charge in [-0.25, -0.2) is 0 Å². The largest absolute Gasteiger partial charge is 0.496 e. The standard InChI is InChI=1S/C14H18BrNO3/c1-19-13-7-4-10(8-12(13)15)16-14(18)9-2-5-11(17)6-3-9/h4,7-9,11,17H,2-3,5-6H2,1H3,(H,16,18). The van der Waals surface area contributed by atoms with Crippen molar-refractivity contribution in [2.24, 2.45) is 5.92 Å². The molecule has 0 spiro atoms. The SMILES string of the molecule is COc1ccc(NC(=O)C2CCC(O)CC2)cc1Br. The molecule has 1 aromatic rings. The van der Waals surface area contributed by atoms with Crippen LogP contribution in [-0.2, 0) is 4.79 Å².